The molecule has 0 saturated heterocycles. The van der Waals surface area contributed by atoms with E-state index in [0.29, 0.717) is 10.7 Å². The number of fused-ring (bicyclic) bond motifs is 1. The number of hydrogen-bond acceptors (Lipinski definition) is 5. The lowest BCUT2D eigenvalue weighted by atomic mass is 10.1. The minimum Gasteiger partial charge on any atom is -0.306 e. The predicted molar refractivity (Wildman–Crippen MR) is 88.6 cm³/mol. The van der Waals surface area contributed by atoms with Gasteiger partial charge >= 0.3 is 0 Å². The second-order valence-electron chi connectivity index (χ2n) is 5.22. The van der Waals surface area contributed by atoms with Crippen molar-refractivity contribution in [2.24, 2.45) is 0 Å². The average Bonchev–Trinajstić information content (AvgIpc) is 2.78. The maximum Gasteiger partial charge on any atom is 0.267 e. The van der Waals surface area contributed by atoms with Crippen LogP contribution < -0.4 is 5.32 Å². The molecule has 6 heteroatoms. The van der Waals surface area contributed by atoms with Gasteiger partial charge in [-0.1, -0.05) is 6.07 Å². The van der Waals surface area contributed by atoms with Gasteiger partial charge in [0.25, 0.3) is 5.91 Å². The summed E-state index contributed by atoms with van der Waals surface area (Å²) in [4.78, 5) is 27.1. The maximum atomic E-state index is 12.6. The third kappa shape index (κ3) is 2.46. The van der Waals surface area contributed by atoms with Crippen molar-refractivity contribution in [2.75, 3.05) is 5.32 Å². The third-order valence-electron chi connectivity index (χ3n) is 3.53. The van der Waals surface area contributed by atoms with Gasteiger partial charge in [-0.3, -0.25) is 4.79 Å². The van der Waals surface area contributed by atoms with E-state index in [-0.39, 0.29) is 5.91 Å². The van der Waals surface area contributed by atoms with Gasteiger partial charge in [-0.05, 0) is 44.9 Å². The zero-order chi connectivity index (χ0) is 15.9. The van der Waals surface area contributed by atoms with Crippen LogP contribution in [0.25, 0.3) is 10.2 Å². The average molecular weight is 312 g/mol. The quantitative estimate of drug-likeness (QED) is 0.785. The van der Waals surface area contributed by atoms with Crippen LogP contribution in [0.15, 0.2) is 18.3 Å². The van der Waals surface area contributed by atoms with E-state index in [1.165, 1.54) is 11.3 Å². The zero-order valence-electron chi connectivity index (χ0n) is 12.9. The minimum absolute atomic E-state index is 0.153. The number of pyridine rings is 1. The Balaban J connectivity index is 2.03. The molecule has 3 aromatic rings. The number of aryl methyl sites for hydroxylation is 4. The lowest BCUT2D eigenvalue weighted by molar-refractivity contribution is 0.102. The first-order valence-corrected chi connectivity index (χ1v) is 7.76. The second kappa shape index (κ2) is 5.46. The third-order valence-corrected chi connectivity index (χ3v) is 4.71. The van der Waals surface area contributed by atoms with Gasteiger partial charge in [0.15, 0.2) is 0 Å². The minimum atomic E-state index is -0.153. The molecule has 0 aromatic carbocycles. The van der Waals surface area contributed by atoms with Crippen molar-refractivity contribution in [2.45, 2.75) is 27.7 Å². The van der Waals surface area contributed by atoms with Crippen LogP contribution >= 0.6 is 11.3 Å². The van der Waals surface area contributed by atoms with Gasteiger partial charge in [-0.15, -0.1) is 11.3 Å². The van der Waals surface area contributed by atoms with E-state index < -0.39 is 0 Å². The van der Waals surface area contributed by atoms with Crippen molar-refractivity contribution in [3.05, 3.63) is 45.9 Å². The summed E-state index contributed by atoms with van der Waals surface area (Å²) in [6.07, 6.45) is 1.67. The molecular formula is C16H16N4OS. The van der Waals surface area contributed by atoms with Crippen LogP contribution in [0.4, 0.5) is 5.82 Å². The number of carbonyl (C=O) groups is 1. The number of nitrogens with one attached hydrogen (secondary N) is 1. The summed E-state index contributed by atoms with van der Waals surface area (Å²) in [5.74, 6) is 1.15. The second-order valence-corrected chi connectivity index (χ2v) is 6.21. The molecule has 0 spiro atoms. The fraction of sp³-hybridized carbons (Fsp3) is 0.250. The molecule has 3 rings (SSSR count). The Morgan fingerprint density at radius 3 is 2.68 bits per heavy atom. The lowest BCUT2D eigenvalue weighted by Gasteiger charge is -2.06. The Bertz CT molecular complexity index is 885. The van der Waals surface area contributed by atoms with Crippen LogP contribution in [0, 0.1) is 27.7 Å². The Morgan fingerprint density at radius 1 is 1.18 bits per heavy atom. The summed E-state index contributed by atoms with van der Waals surface area (Å²) >= 11 is 1.39. The van der Waals surface area contributed by atoms with Gasteiger partial charge in [-0.2, -0.15) is 0 Å². The number of carbonyl (C=O) groups excluding carboxylic acids is 1. The van der Waals surface area contributed by atoms with Gasteiger partial charge in [0, 0.05) is 17.3 Å². The van der Waals surface area contributed by atoms with E-state index in [9.17, 15) is 4.79 Å². The first-order valence-electron chi connectivity index (χ1n) is 6.94. The molecule has 0 bridgehead atoms. The van der Waals surface area contributed by atoms with E-state index in [4.69, 9.17) is 0 Å². The standard InChI is InChI=1S/C16H16N4OS/c1-8-6-5-7-17-14(8)20-15(21)13-9(2)12-10(3)18-11(4)19-16(12)22-13/h5-7H,1-4H3,(H,17,20,21). The summed E-state index contributed by atoms with van der Waals surface area (Å²) in [5.41, 5.74) is 2.76. The number of rotatable bonds is 2. The van der Waals surface area contributed by atoms with Crippen LogP contribution in [0.5, 0.6) is 0 Å². The normalized spacial score (nSPS) is 10.9. The fourth-order valence-corrected chi connectivity index (χ4v) is 3.64. The first-order chi connectivity index (χ1) is 10.5. The monoisotopic (exact) mass is 312 g/mol. The molecule has 0 radical (unpaired) electrons. The van der Waals surface area contributed by atoms with Gasteiger partial charge in [0.2, 0.25) is 0 Å². The molecule has 0 aliphatic carbocycles. The van der Waals surface area contributed by atoms with E-state index in [1.807, 2.05) is 39.8 Å². The van der Waals surface area contributed by atoms with Gasteiger partial charge in [-0.25, -0.2) is 15.0 Å². The van der Waals surface area contributed by atoms with Crippen molar-refractivity contribution >= 4 is 33.3 Å². The van der Waals surface area contributed by atoms with Crippen LogP contribution in [0.1, 0.15) is 32.3 Å². The molecule has 0 aliphatic heterocycles. The molecule has 0 unspecified atom stereocenters. The van der Waals surface area contributed by atoms with E-state index in [1.54, 1.807) is 6.20 Å². The van der Waals surface area contributed by atoms with Crippen LogP contribution in [0.3, 0.4) is 0 Å². The Morgan fingerprint density at radius 2 is 1.95 bits per heavy atom. The first kappa shape index (κ1) is 14.6. The highest BCUT2D eigenvalue weighted by molar-refractivity contribution is 7.20. The topological polar surface area (TPSA) is 67.8 Å². The van der Waals surface area contributed by atoms with E-state index in [0.717, 1.165) is 32.9 Å². The van der Waals surface area contributed by atoms with Crippen LogP contribution in [-0.2, 0) is 0 Å². The maximum absolute atomic E-state index is 12.6. The number of thiophene rings is 1. The van der Waals surface area contributed by atoms with Crippen LogP contribution in [-0.4, -0.2) is 20.9 Å². The summed E-state index contributed by atoms with van der Waals surface area (Å²) in [6.45, 7) is 7.66. The zero-order valence-corrected chi connectivity index (χ0v) is 13.7. The predicted octanol–water partition coefficient (Wildman–Crippen LogP) is 3.57. The summed E-state index contributed by atoms with van der Waals surface area (Å²) in [5, 5.41) is 3.85. The number of nitrogens with zero attached hydrogens (tertiary/aromatic N) is 3. The van der Waals surface area contributed by atoms with Crippen molar-refractivity contribution in [1.82, 2.24) is 15.0 Å². The van der Waals surface area contributed by atoms with Crippen molar-refractivity contribution in [3.8, 4) is 0 Å². The highest BCUT2D eigenvalue weighted by Gasteiger charge is 2.19. The van der Waals surface area contributed by atoms with E-state index >= 15 is 0 Å². The molecule has 3 heterocycles. The molecule has 0 fully saturated rings. The molecular weight excluding hydrogens is 296 g/mol. The molecule has 3 aromatic heterocycles. The highest BCUT2D eigenvalue weighted by atomic mass is 32.1. The van der Waals surface area contributed by atoms with Crippen molar-refractivity contribution in [1.29, 1.82) is 0 Å². The number of hydrogen-bond donors (Lipinski definition) is 1. The number of anilines is 1. The van der Waals surface area contributed by atoms with Crippen molar-refractivity contribution in [3.63, 3.8) is 0 Å². The smallest absolute Gasteiger partial charge is 0.267 e. The van der Waals surface area contributed by atoms with Gasteiger partial charge in [0.1, 0.15) is 16.5 Å². The Kier molecular flexibility index (Phi) is 3.62. The Hall–Kier alpha value is -2.34. The SMILES string of the molecule is Cc1nc(C)c2c(C)c(C(=O)Nc3ncccc3C)sc2n1. The molecule has 112 valence electrons. The molecule has 22 heavy (non-hydrogen) atoms. The van der Waals surface area contributed by atoms with Gasteiger partial charge in [0.05, 0.1) is 4.88 Å². The summed E-state index contributed by atoms with van der Waals surface area (Å²) < 4.78 is 0. The summed E-state index contributed by atoms with van der Waals surface area (Å²) in [7, 11) is 0. The van der Waals surface area contributed by atoms with E-state index in [2.05, 4.69) is 20.3 Å². The fourth-order valence-electron chi connectivity index (χ4n) is 2.47. The molecule has 0 atom stereocenters. The lowest BCUT2D eigenvalue weighted by Crippen LogP contribution is -2.13. The Labute approximate surface area is 132 Å². The number of aromatic nitrogens is 3. The summed E-state index contributed by atoms with van der Waals surface area (Å²) in [6, 6.07) is 3.76. The molecule has 1 amide bonds. The molecule has 0 aliphatic rings. The van der Waals surface area contributed by atoms with Gasteiger partial charge < -0.3 is 5.32 Å². The van der Waals surface area contributed by atoms with Crippen LogP contribution in [0.2, 0.25) is 0 Å². The van der Waals surface area contributed by atoms with Crippen molar-refractivity contribution < 1.29 is 4.79 Å². The largest absolute Gasteiger partial charge is 0.306 e. The molecule has 0 saturated carbocycles. The number of amides is 1. The molecule has 1 N–H and O–H groups in total. The molecule has 5 nitrogen and oxygen atoms in total. The highest BCUT2D eigenvalue weighted by Crippen LogP contribution is 2.31.